The van der Waals surface area contributed by atoms with Crippen LogP contribution in [0.15, 0.2) is 18.5 Å². The minimum Gasteiger partial charge on any atom is -0.480 e. The Hall–Kier alpha value is -1.69. The minimum atomic E-state index is -1.03. The summed E-state index contributed by atoms with van der Waals surface area (Å²) in [5, 5.41) is 8.59. The van der Waals surface area contributed by atoms with E-state index in [1.807, 2.05) is 0 Å². The molecule has 6 heteroatoms. The number of anilines is 1. The molecule has 0 aromatic carbocycles. The maximum absolute atomic E-state index is 10.5. The summed E-state index contributed by atoms with van der Waals surface area (Å²) in [6.07, 6.45) is 3.18. The zero-order valence-corrected chi connectivity index (χ0v) is 7.79. The molecule has 0 aliphatic carbocycles. The molecule has 0 saturated carbocycles. The van der Waals surface area contributed by atoms with Crippen LogP contribution in [0.5, 0.6) is 0 Å². The first-order valence-corrected chi connectivity index (χ1v) is 4.08. The van der Waals surface area contributed by atoms with Crippen LogP contribution in [-0.4, -0.2) is 40.7 Å². The molecule has 0 unspecified atom stereocenters. The number of aromatic nitrogens is 2. The van der Waals surface area contributed by atoms with Gasteiger partial charge >= 0.3 is 5.97 Å². The van der Waals surface area contributed by atoms with Gasteiger partial charge in [0.25, 0.3) is 0 Å². The van der Waals surface area contributed by atoms with E-state index in [4.69, 9.17) is 10.8 Å². The number of nitrogens with zero attached hydrogens (tertiary/aromatic N) is 3. The lowest BCUT2D eigenvalue weighted by molar-refractivity contribution is -0.138. The molecule has 1 aromatic heterocycles. The Labute approximate surface area is 81.4 Å². The third-order valence-electron chi connectivity index (χ3n) is 1.68. The van der Waals surface area contributed by atoms with Crippen LogP contribution >= 0.6 is 0 Å². The highest BCUT2D eigenvalue weighted by atomic mass is 16.4. The second-order valence-electron chi connectivity index (χ2n) is 2.87. The third kappa shape index (κ3) is 2.67. The average Bonchev–Trinajstić information content (AvgIpc) is 2.19. The molecule has 1 rings (SSSR count). The monoisotopic (exact) mass is 196 g/mol. The zero-order valence-electron chi connectivity index (χ0n) is 7.79. The molecule has 14 heavy (non-hydrogen) atoms. The first-order valence-electron chi connectivity index (χ1n) is 4.08. The largest absolute Gasteiger partial charge is 0.480 e. The van der Waals surface area contributed by atoms with Gasteiger partial charge in [-0.2, -0.15) is 0 Å². The molecule has 76 valence electrons. The van der Waals surface area contributed by atoms with Crippen molar-refractivity contribution in [3.8, 4) is 0 Å². The lowest BCUT2D eigenvalue weighted by atomic mass is 10.3. The topological polar surface area (TPSA) is 92.3 Å². The number of hydrogen-bond donors (Lipinski definition) is 2. The quantitative estimate of drug-likeness (QED) is 0.663. The SMILES string of the molecule is CN(C[C@H](N)C(=O)O)c1ncccn1. The van der Waals surface area contributed by atoms with Crippen molar-refractivity contribution in [3.63, 3.8) is 0 Å². The second kappa shape index (κ2) is 4.52. The number of nitrogens with two attached hydrogens (primary N) is 1. The number of carboxylic acid groups (broad SMARTS) is 1. The van der Waals surface area contributed by atoms with E-state index in [0.717, 1.165) is 0 Å². The predicted molar refractivity (Wildman–Crippen MR) is 50.9 cm³/mol. The number of carbonyl (C=O) groups is 1. The molecule has 0 bridgehead atoms. The molecule has 0 aliphatic heterocycles. The van der Waals surface area contributed by atoms with Crippen LogP contribution in [-0.2, 0) is 4.79 Å². The van der Waals surface area contributed by atoms with Gasteiger partial charge in [-0.05, 0) is 6.07 Å². The minimum absolute atomic E-state index is 0.180. The zero-order chi connectivity index (χ0) is 10.6. The summed E-state index contributed by atoms with van der Waals surface area (Å²) in [5.41, 5.74) is 5.36. The van der Waals surface area contributed by atoms with Crippen molar-refractivity contribution in [1.29, 1.82) is 0 Å². The summed E-state index contributed by atoms with van der Waals surface area (Å²) >= 11 is 0. The van der Waals surface area contributed by atoms with Gasteiger partial charge in [0, 0.05) is 26.0 Å². The maximum Gasteiger partial charge on any atom is 0.322 e. The predicted octanol–water partition coefficient (Wildman–Crippen LogP) is -0.675. The van der Waals surface area contributed by atoms with Gasteiger partial charge in [0.2, 0.25) is 5.95 Å². The molecule has 0 radical (unpaired) electrons. The fourth-order valence-electron chi connectivity index (χ4n) is 0.943. The highest BCUT2D eigenvalue weighted by molar-refractivity contribution is 5.73. The van der Waals surface area contributed by atoms with Crippen LogP contribution < -0.4 is 10.6 Å². The first-order chi connectivity index (χ1) is 6.61. The van der Waals surface area contributed by atoms with Crippen LogP contribution in [0.1, 0.15) is 0 Å². The van der Waals surface area contributed by atoms with Crippen molar-refractivity contribution in [3.05, 3.63) is 18.5 Å². The maximum atomic E-state index is 10.5. The van der Waals surface area contributed by atoms with E-state index in [0.29, 0.717) is 5.95 Å². The lowest BCUT2D eigenvalue weighted by Gasteiger charge is -2.18. The van der Waals surface area contributed by atoms with Crippen molar-refractivity contribution in [2.75, 3.05) is 18.5 Å². The summed E-state index contributed by atoms with van der Waals surface area (Å²) in [7, 11) is 1.69. The van der Waals surface area contributed by atoms with E-state index in [9.17, 15) is 4.79 Å². The summed E-state index contributed by atoms with van der Waals surface area (Å²) < 4.78 is 0. The average molecular weight is 196 g/mol. The molecular formula is C8H12N4O2. The van der Waals surface area contributed by atoms with Crippen LogP contribution in [0.25, 0.3) is 0 Å². The Kier molecular flexibility index (Phi) is 3.35. The van der Waals surface area contributed by atoms with Crippen LogP contribution in [0.3, 0.4) is 0 Å². The van der Waals surface area contributed by atoms with Crippen molar-refractivity contribution in [2.24, 2.45) is 5.73 Å². The molecular weight excluding hydrogens is 184 g/mol. The second-order valence-corrected chi connectivity index (χ2v) is 2.87. The Morgan fingerprint density at radius 2 is 2.21 bits per heavy atom. The lowest BCUT2D eigenvalue weighted by Crippen LogP contribution is -2.41. The molecule has 1 atom stereocenters. The number of carboxylic acids is 1. The highest BCUT2D eigenvalue weighted by Gasteiger charge is 2.15. The molecule has 0 amide bonds. The molecule has 0 spiro atoms. The Morgan fingerprint density at radius 3 is 2.71 bits per heavy atom. The molecule has 0 aliphatic rings. The standard InChI is InChI=1S/C8H12N4O2/c1-12(5-6(9)7(13)14)8-10-3-2-4-11-8/h2-4,6H,5,9H2,1H3,(H,13,14)/t6-/m0/s1. The van der Waals surface area contributed by atoms with E-state index in [1.165, 1.54) is 0 Å². The smallest absolute Gasteiger partial charge is 0.322 e. The van der Waals surface area contributed by atoms with Crippen LogP contribution in [0, 0.1) is 0 Å². The van der Waals surface area contributed by atoms with Gasteiger partial charge in [-0.3, -0.25) is 4.79 Å². The fraction of sp³-hybridized carbons (Fsp3) is 0.375. The van der Waals surface area contributed by atoms with Gasteiger partial charge in [0.05, 0.1) is 0 Å². The number of rotatable bonds is 4. The summed E-state index contributed by atoms with van der Waals surface area (Å²) in [6.45, 7) is 0.180. The van der Waals surface area contributed by atoms with Gasteiger partial charge < -0.3 is 15.7 Å². The van der Waals surface area contributed by atoms with Crippen molar-refractivity contribution >= 4 is 11.9 Å². The Balaban J connectivity index is 2.59. The van der Waals surface area contributed by atoms with Crippen molar-refractivity contribution in [1.82, 2.24) is 9.97 Å². The Bertz CT molecular complexity index is 303. The van der Waals surface area contributed by atoms with Gasteiger partial charge in [0.15, 0.2) is 0 Å². The summed E-state index contributed by atoms with van der Waals surface area (Å²) in [4.78, 5) is 20.0. The molecule has 0 saturated heterocycles. The summed E-state index contributed by atoms with van der Waals surface area (Å²) in [6, 6.07) is 0.762. The number of hydrogen-bond acceptors (Lipinski definition) is 5. The van der Waals surface area contributed by atoms with E-state index in [1.54, 1.807) is 30.4 Å². The van der Waals surface area contributed by atoms with Gasteiger partial charge in [-0.1, -0.05) is 0 Å². The molecule has 1 aromatic rings. The van der Waals surface area contributed by atoms with Crippen molar-refractivity contribution in [2.45, 2.75) is 6.04 Å². The number of aliphatic carboxylic acids is 1. The molecule has 0 fully saturated rings. The fourth-order valence-corrected chi connectivity index (χ4v) is 0.943. The normalized spacial score (nSPS) is 12.1. The molecule has 6 nitrogen and oxygen atoms in total. The summed E-state index contributed by atoms with van der Waals surface area (Å²) in [5.74, 6) is -0.572. The number of likely N-dealkylation sites (N-methyl/N-ethyl adjacent to an activating group) is 1. The van der Waals surface area contributed by atoms with Gasteiger partial charge in [-0.15, -0.1) is 0 Å². The van der Waals surface area contributed by atoms with Gasteiger partial charge in [-0.25, -0.2) is 9.97 Å². The van der Waals surface area contributed by atoms with E-state index >= 15 is 0 Å². The van der Waals surface area contributed by atoms with E-state index in [2.05, 4.69) is 9.97 Å². The first kappa shape index (κ1) is 10.4. The molecule has 3 N–H and O–H groups in total. The van der Waals surface area contributed by atoms with Crippen molar-refractivity contribution < 1.29 is 9.90 Å². The van der Waals surface area contributed by atoms with E-state index in [-0.39, 0.29) is 6.54 Å². The van der Waals surface area contributed by atoms with E-state index < -0.39 is 12.0 Å². The molecule has 1 heterocycles. The third-order valence-corrected chi connectivity index (χ3v) is 1.68. The van der Waals surface area contributed by atoms with Crippen LogP contribution in [0.2, 0.25) is 0 Å². The van der Waals surface area contributed by atoms with Gasteiger partial charge in [0.1, 0.15) is 6.04 Å². The van der Waals surface area contributed by atoms with Crippen LogP contribution in [0.4, 0.5) is 5.95 Å². The highest BCUT2D eigenvalue weighted by Crippen LogP contribution is 2.01. The Morgan fingerprint density at radius 1 is 1.64 bits per heavy atom.